The third-order valence-corrected chi connectivity index (χ3v) is 3.07. The van der Waals surface area contributed by atoms with E-state index in [0.29, 0.717) is 17.7 Å². The molecule has 3 N–H and O–H groups in total. The molecule has 0 heterocycles. The summed E-state index contributed by atoms with van der Waals surface area (Å²) in [7, 11) is 0. The minimum absolute atomic E-state index is 0.322. The normalized spacial score (nSPS) is 11.9. The van der Waals surface area contributed by atoms with Crippen LogP contribution in [0.3, 0.4) is 0 Å². The van der Waals surface area contributed by atoms with Crippen molar-refractivity contribution in [3.8, 4) is 0 Å². The molecule has 4 heteroatoms. The molecular weight excluding hydrogens is 255 g/mol. The highest BCUT2D eigenvalue weighted by Gasteiger charge is 2.14. The van der Waals surface area contributed by atoms with Crippen molar-refractivity contribution >= 4 is 11.6 Å². The molecule has 0 saturated heterocycles. The standard InChI is InChI=1S/C16H17FN2O/c1-11-7-8-13(10-14(11)17)19-16(20)15(18)9-12-5-3-2-4-6-12/h2-8,10,15H,9,18H2,1H3,(H,19,20)/t15-/m1/s1. The van der Waals surface area contributed by atoms with Crippen LogP contribution in [-0.2, 0) is 11.2 Å². The van der Waals surface area contributed by atoms with Gasteiger partial charge in [0.15, 0.2) is 0 Å². The molecule has 0 aliphatic carbocycles. The van der Waals surface area contributed by atoms with Crippen LogP contribution in [0.25, 0.3) is 0 Å². The number of nitrogens with one attached hydrogen (secondary N) is 1. The molecule has 1 atom stereocenters. The van der Waals surface area contributed by atoms with E-state index < -0.39 is 6.04 Å². The van der Waals surface area contributed by atoms with E-state index in [1.54, 1.807) is 19.1 Å². The summed E-state index contributed by atoms with van der Waals surface area (Å²) >= 11 is 0. The molecule has 0 aliphatic heterocycles. The Morgan fingerprint density at radius 1 is 1.25 bits per heavy atom. The van der Waals surface area contributed by atoms with Crippen molar-refractivity contribution in [1.29, 1.82) is 0 Å². The van der Waals surface area contributed by atoms with E-state index >= 15 is 0 Å². The van der Waals surface area contributed by atoms with Gasteiger partial charge < -0.3 is 11.1 Å². The Morgan fingerprint density at radius 2 is 1.95 bits per heavy atom. The average molecular weight is 272 g/mol. The third-order valence-electron chi connectivity index (χ3n) is 3.07. The molecule has 0 radical (unpaired) electrons. The SMILES string of the molecule is Cc1ccc(NC(=O)[C@H](N)Cc2ccccc2)cc1F. The summed E-state index contributed by atoms with van der Waals surface area (Å²) in [5.41, 5.74) is 7.81. The lowest BCUT2D eigenvalue weighted by atomic mass is 10.1. The Balaban J connectivity index is 1.99. The summed E-state index contributed by atoms with van der Waals surface area (Å²) in [5.74, 6) is -0.670. The summed E-state index contributed by atoms with van der Waals surface area (Å²) in [6.45, 7) is 1.67. The fraction of sp³-hybridized carbons (Fsp3) is 0.188. The van der Waals surface area contributed by atoms with Gasteiger partial charge in [0, 0.05) is 5.69 Å². The number of carbonyl (C=O) groups excluding carboxylic acids is 1. The second-order valence-electron chi connectivity index (χ2n) is 4.75. The maximum Gasteiger partial charge on any atom is 0.241 e. The lowest BCUT2D eigenvalue weighted by Crippen LogP contribution is -2.37. The summed E-state index contributed by atoms with van der Waals surface area (Å²) < 4.78 is 13.4. The first-order valence-corrected chi connectivity index (χ1v) is 6.43. The van der Waals surface area contributed by atoms with Gasteiger partial charge in [0.1, 0.15) is 5.82 Å². The fourth-order valence-electron chi connectivity index (χ4n) is 1.87. The van der Waals surface area contributed by atoms with E-state index in [4.69, 9.17) is 5.73 Å². The number of anilines is 1. The van der Waals surface area contributed by atoms with E-state index in [1.165, 1.54) is 6.07 Å². The van der Waals surface area contributed by atoms with Gasteiger partial charge in [0.05, 0.1) is 6.04 Å². The van der Waals surface area contributed by atoms with Gasteiger partial charge in [-0.25, -0.2) is 4.39 Å². The molecule has 2 aromatic rings. The summed E-state index contributed by atoms with van der Waals surface area (Å²) in [6.07, 6.45) is 0.445. The van der Waals surface area contributed by atoms with Crippen molar-refractivity contribution in [2.75, 3.05) is 5.32 Å². The zero-order chi connectivity index (χ0) is 14.5. The van der Waals surface area contributed by atoms with E-state index in [1.807, 2.05) is 30.3 Å². The summed E-state index contributed by atoms with van der Waals surface area (Å²) in [4.78, 5) is 12.0. The molecular formula is C16H17FN2O. The van der Waals surface area contributed by atoms with Gasteiger partial charge in [-0.3, -0.25) is 4.79 Å². The first-order valence-electron chi connectivity index (χ1n) is 6.43. The Bertz CT molecular complexity index is 599. The summed E-state index contributed by atoms with van der Waals surface area (Å²) in [6, 6.07) is 13.4. The Morgan fingerprint density at radius 3 is 2.60 bits per heavy atom. The predicted molar refractivity (Wildman–Crippen MR) is 77.9 cm³/mol. The zero-order valence-electron chi connectivity index (χ0n) is 11.3. The van der Waals surface area contributed by atoms with Crippen LogP contribution in [0.5, 0.6) is 0 Å². The highest BCUT2D eigenvalue weighted by molar-refractivity contribution is 5.94. The van der Waals surface area contributed by atoms with Crippen LogP contribution in [0.15, 0.2) is 48.5 Å². The molecule has 2 rings (SSSR count). The molecule has 0 saturated carbocycles. The quantitative estimate of drug-likeness (QED) is 0.899. The number of rotatable bonds is 4. The van der Waals surface area contributed by atoms with Crippen LogP contribution in [0.1, 0.15) is 11.1 Å². The fourth-order valence-corrected chi connectivity index (χ4v) is 1.87. The average Bonchev–Trinajstić information content (AvgIpc) is 2.44. The third kappa shape index (κ3) is 3.65. The number of benzene rings is 2. The van der Waals surface area contributed by atoms with E-state index in [0.717, 1.165) is 5.56 Å². The number of amides is 1. The van der Waals surface area contributed by atoms with Gasteiger partial charge >= 0.3 is 0 Å². The molecule has 1 amide bonds. The number of aryl methyl sites for hydroxylation is 1. The first kappa shape index (κ1) is 14.2. The molecule has 20 heavy (non-hydrogen) atoms. The second kappa shape index (κ2) is 6.30. The van der Waals surface area contributed by atoms with Crippen LogP contribution in [0.4, 0.5) is 10.1 Å². The lowest BCUT2D eigenvalue weighted by molar-refractivity contribution is -0.117. The number of hydrogen-bond acceptors (Lipinski definition) is 2. The largest absolute Gasteiger partial charge is 0.325 e. The topological polar surface area (TPSA) is 55.1 Å². The van der Waals surface area contributed by atoms with Crippen molar-refractivity contribution in [3.05, 3.63) is 65.5 Å². The maximum atomic E-state index is 13.4. The van der Waals surface area contributed by atoms with Gasteiger partial charge in [-0.05, 0) is 36.6 Å². The van der Waals surface area contributed by atoms with E-state index in [-0.39, 0.29) is 11.7 Å². The van der Waals surface area contributed by atoms with Crippen LogP contribution in [0, 0.1) is 12.7 Å². The molecule has 3 nitrogen and oxygen atoms in total. The first-order chi connectivity index (χ1) is 9.56. The van der Waals surface area contributed by atoms with Gasteiger partial charge in [0.25, 0.3) is 0 Å². The molecule has 0 bridgehead atoms. The van der Waals surface area contributed by atoms with Crippen molar-refractivity contribution in [1.82, 2.24) is 0 Å². The molecule has 0 aromatic heterocycles. The molecule has 2 aromatic carbocycles. The minimum Gasteiger partial charge on any atom is -0.325 e. The Hall–Kier alpha value is -2.20. The monoisotopic (exact) mass is 272 g/mol. The lowest BCUT2D eigenvalue weighted by Gasteiger charge is -2.12. The van der Waals surface area contributed by atoms with Gasteiger partial charge in [0.2, 0.25) is 5.91 Å². The highest BCUT2D eigenvalue weighted by Crippen LogP contribution is 2.14. The highest BCUT2D eigenvalue weighted by atomic mass is 19.1. The number of nitrogens with two attached hydrogens (primary N) is 1. The molecule has 0 aliphatic rings. The van der Waals surface area contributed by atoms with Crippen LogP contribution >= 0.6 is 0 Å². The van der Waals surface area contributed by atoms with Gasteiger partial charge in [-0.1, -0.05) is 36.4 Å². The minimum atomic E-state index is -0.665. The second-order valence-corrected chi connectivity index (χ2v) is 4.75. The number of hydrogen-bond donors (Lipinski definition) is 2. The molecule has 0 fully saturated rings. The van der Waals surface area contributed by atoms with E-state index in [2.05, 4.69) is 5.32 Å². The molecule has 0 spiro atoms. The van der Waals surface area contributed by atoms with Gasteiger partial charge in [-0.2, -0.15) is 0 Å². The van der Waals surface area contributed by atoms with Crippen molar-refractivity contribution in [2.24, 2.45) is 5.73 Å². The molecule has 0 unspecified atom stereocenters. The van der Waals surface area contributed by atoms with Crippen LogP contribution in [-0.4, -0.2) is 11.9 Å². The Labute approximate surface area is 117 Å². The molecule has 104 valence electrons. The van der Waals surface area contributed by atoms with E-state index in [9.17, 15) is 9.18 Å². The number of halogens is 1. The van der Waals surface area contributed by atoms with Crippen LogP contribution in [0.2, 0.25) is 0 Å². The summed E-state index contributed by atoms with van der Waals surface area (Å²) in [5, 5.41) is 2.63. The van der Waals surface area contributed by atoms with Gasteiger partial charge in [-0.15, -0.1) is 0 Å². The zero-order valence-corrected chi connectivity index (χ0v) is 11.3. The van der Waals surface area contributed by atoms with Crippen molar-refractivity contribution in [3.63, 3.8) is 0 Å². The van der Waals surface area contributed by atoms with Crippen molar-refractivity contribution < 1.29 is 9.18 Å². The maximum absolute atomic E-state index is 13.4. The predicted octanol–water partition coefficient (Wildman–Crippen LogP) is 2.64. The van der Waals surface area contributed by atoms with Crippen molar-refractivity contribution in [2.45, 2.75) is 19.4 Å². The number of carbonyl (C=O) groups is 1. The smallest absolute Gasteiger partial charge is 0.241 e. The van der Waals surface area contributed by atoms with Crippen LogP contribution < -0.4 is 11.1 Å². The Kier molecular flexibility index (Phi) is 4.48.